The molecule has 0 saturated heterocycles. The largest absolute Gasteiger partial charge is 0.506 e. The Bertz CT molecular complexity index is 280. The highest BCUT2D eigenvalue weighted by Crippen LogP contribution is 2.14. The molecule has 0 heterocycles. The molecule has 0 saturated carbocycles. The molecule has 0 rings (SSSR count). The molecule has 0 aliphatic rings. The van der Waals surface area contributed by atoms with Gasteiger partial charge in [-0.1, -0.05) is 0 Å². The summed E-state index contributed by atoms with van der Waals surface area (Å²) in [5.41, 5.74) is -1.38. The summed E-state index contributed by atoms with van der Waals surface area (Å²) in [6.45, 7) is 8.86. The fraction of sp³-hybridized carbons (Fsp3) is 0.818. The van der Waals surface area contributed by atoms with Crippen LogP contribution in [0.25, 0.3) is 0 Å². The SMILES string of the molecule is CC(C)(C)OC(=O)NCCC(C)(C)OC(=O)O. The van der Waals surface area contributed by atoms with Gasteiger partial charge in [0.25, 0.3) is 0 Å². The van der Waals surface area contributed by atoms with E-state index in [2.05, 4.69) is 10.1 Å². The molecule has 0 aromatic carbocycles. The highest BCUT2D eigenvalue weighted by molar-refractivity contribution is 5.67. The molecule has 0 atom stereocenters. The van der Waals surface area contributed by atoms with Crippen molar-refractivity contribution in [3.8, 4) is 0 Å². The lowest BCUT2D eigenvalue weighted by Gasteiger charge is -2.24. The van der Waals surface area contributed by atoms with E-state index < -0.39 is 23.5 Å². The van der Waals surface area contributed by atoms with Gasteiger partial charge >= 0.3 is 12.2 Å². The zero-order valence-electron chi connectivity index (χ0n) is 11.0. The fourth-order valence-corrected chi connectivity index (χ4v) is 1.07. The Balaban J connectivity index is 3.91. The quantitative estimate of drug-likeness (QED) is 0.745. The van der Waals surface area contributed by atoms with Gasteiger partial charge in [-0.2, -0.15) is 0 Å². The smallest absolute Gasteiger partial charge is 0.450 e. The molecule has 0 aromatic heterocycles. The first-order valence-electron chi connectivity index (χ1n) is 5.41. The first-order chi connectivity index (χ1) is 7.52. The summed E-state index contributed by atoms with van der Waals surface area (Å²) < 4.78 is 9.67. The van der Waals surface area contributed by atoms with Gasteiger partial charge in [0.05, 0.1) is 0 Å². The summed E-state index contributed by atoms with van der Waals surface area (Å²) in [7, 11) is 0. The average Bonchev–Trinajstić information content (AvgIpc) is 1.95. The zero-order chi connectivity index (χ0) is 13.7. The van der Waals surface area contributed by atoms with Crippen molar-refractivity contribution in [1.29, 1.82) is 0 Å². The van der Waals surface area contributed by atoms with Crippen LogP contribution in [-0.4, -0.2) is 35.1 Å². The minimum atomic E-state index is -1.33. The highest BCUT2D eigenvalue weighted by Gasteiger charge is 2.23. The lowest BCUT2D eigenvalue weighted by molar-refractivity contribution is -0.00109. The number of alkyl carbamates (subject to hydrolysis) is 1. The Kier molecular flexibility index (Phi) is 5.25. The van der Waals surface area contributed by atoms with Crippen LogP contribution in [0.5, 0.6) is 0 Å². The van der Waals surface area contributed by atoms with Gasteiger partial charge < -0.3 is 19.9 Å². The van der Waals surface area contributed by atoms with Gasteiger partial charge in [-0.15, -0.1) is 0 Å². The molecule has 0 spiro atoms. The lowest BCUT2D eigenvalue weighted by atomic mass is 10.1. The molecular weight excluding hydrogens is 226 g/mol. The van der Waals surface area contributed by atoms with E-state index in [0.29, 0.717) is 6.42 Å². The molecule has 0 unspecified atom stereocenters. The van der Waals surface area contributed by atoms with Crippen LogP contribution in [0, 0.1) is 0 Å². The third-order valence-electron chi connectivity index (χ3n) is 1.76. The number of carbonyl (C=O) groups excluding carboxylic acids is 1. The number of hydrogen-bond donors (Lipinski definition) is 2. The Morgan fingerprint density at radius 2 is 1.65 bits per heavy atom. The van der Waals surface area contributed by atoms with Gasteiger partial charge in [0.2, 0.25) is 0 Å². The van der Waals surface area contributed by atoms with Crippen LogP contribution in [-0.2, 0) is 9.47 Å². The Morgan fingerprint density at radius 1 is 1.12 bits per heavy atom. The molecular formula is C11H21NO5. The van der Waals surface area contributed by atoms with Crippen LogP contribution in [0.1, 0.15) is 41.0 Å². The molecule has 2 N–H and O–H groups in total. The number of amides is 1. The second-order valence-corrected chi connectivity index (χ2v) is 5.31. The predicted molar refractivity (Wildman–Crippen MR) is 62.0 cm³/mol. The molecule has 17 heavy (non-hydrogen) atoms. The van der Waals surface area contributed by atoms with E-state index in [1.165, 1.54) is 0 Å². The van der Waals surface area contributed by atoms with Gasteiger partial charge in [-0.25, -0.2) is 9.59 Å². The summed E-state index contributed by atoms with van der Waals surface area (Å²) in [4.78, 5) is 21.6. The Labute approximate surface area is 101 Å². The van der Waals surface area contributed by atoms with E-state index in [9.17, 15) is 9.59 Å². The van der Waals surface area contributed by atoms with E-state index in [-0.39, 0.29) is 6.54 Å². The molecule has 0 fully saturated rings. The van der Waals surface area contributed by atoms with Gasteiger partial charge in [-0.05, 0) is 34.6 Å². The van der Waals surface area contributed by atoms with Gasteiger partial charge in [0, 0.05) is 13.0 Å². The molecule has 6 heteroatoms. The standard InChI is InChI=1S/C11H21NO5/c1-10(2,3)16-8(13)12-7-6-11(4,5)17-9(14)15/h6-7H2,1-5H3,(H,12,13)(H,14,15). The molecule has 0 bridgehead atoms. The number of carboxylic acid groups (broad SMARTS) is 1. The molecule has 6 nitrogen and oxygen atoms in total. The Morgan fingerprint density at radius 3 is 2.06 bits per heavy atom. The summed E-state index contributed by atoms with van der Waals surface area (Å²) in [5, 5.41) is 11.0. The maximum atomic E-state index is 11.3. The van der Waals surface area contributed by atoms with Crippen LogP contribution in [0.3, 0.4) is 0 Å². The van der Waals surface area contributed by atoms with Crippen molar-refractivity contribution in [2.45, 2.75) is 52.2 Å². The minimum absolute atomic E-state index is 0.287. The van der Waals surface area contributed by atoms with E-state index in [1.54, 1.807) is 34.6 Å². The predicted octanol–water partition coefficient (Wildman–Crippen LogP) is 2.37. The van der Waals surface area contributed by atoms with Gasteiger partial charge in [0.15, 0.2) is 0 Å². The maximum Gasteiger partial charge on any atom is 0.506 e. The topological polar surface area (TPSA) is 84.9 Å². The summed E-state index contributed by atoms with van der Waals surface area (Å²) in [6, 6.07) is 0. The molecule has 100 valence electrons. The van der Waals surface area contributed by atoms with Gasteiger partial charge in [0.1, 0.15) is 11.2 Å². The normalized spacial score (nSPS) is 11.8. The van der Waals surface area contributed by atoms with Crippen molar-refractivity contribution in [3.05, 3.63) is 0 Å². The fourth-order valence-electron chi connectivity index (χ4n) is 1.07. The second-order valence-electron chi connectivity index (χ2n) is 5.31. The van der Waals surface area contributed by atoms with E-state index >= 15 is 0 Å². The summed E-state index contributed by atoms with van der Waals surface area (Å²) >= 11 is 0. The van der Waals surface area contributed by atoms with Crippen molar-refractivity contribution < 1.29 is 24.2 Å². The molecule has 0 aliphatic carbocycles. The van der Waals surface area contributed by atoms with Crippen molar-refractivity contribution in [2.24, 2.45) is 0 Å². The van der Waals surface area contributed by atoms with E-state index in [0.717, 1.165) is 0 Å². The number of carbonyl (C=O) groups is 2. The first kappa shape index (κ1) is 15.5. The number of ether oxygens (including phenoxy) is 2. The second kappa shape index (κ2) is 5.75. The van der Waals surface area contributed by atoms with Crippen molar-refractivity contribution in [1.82, 2.24) is 5.32 Å². The third-order valence-corrected chi connectivity index (χ3v) is 1.76. The maximum absolute atomic E-state index is 11.3. The monoisotopic (exact) mass is 247 g/mol. The number of hydrogen-bond acceptors (Lipinski definition) is 4. The van der Waals surface area contributed by atoms with Crippen molar-refractivity contribution in [3.63, 3.8) is 0 Å². The highest BCUT2D eigenvalue weighted by atomic mass is 16.7. The van der Waals surface area contributed by atoms with Crippen LogP contribution >= 0.6 is 0 Å². The Hall–Kier alpha value is -1.46. The average molecular weight is 247 g/mol. The van der Waals surface area contributed by atoms with Gasteiger partial charge in [-0.3, -0.25) is 0 Å². The van der Waals surface area contributed by atoms with Crippen LogP contribution in [0.2, 0.25) is 0 Å². The molecule has 1 amide bonds. The number of rotatable bonds is 4. The molecule has 0 radical (unpaired) electrons. The lowest BCUT2D eigenvalue weighted by Crippen LogP contribution is -2.37. The number of nitrogens with one attached hydrogen (secondary N) is 1. The van der Waals surface area contributed by atoms with Crippen LogP contribution in [0.15, 0.2) is 0 Å². The summed E-state index contributed by atoms with van der Waals surface area (Å²) in [5.74, 6) is 0. The van der Waals surface area contributed by atoms with Crippen molar-refractivity contribution in [2.75, 3.05) is 6.54 Å². The molecule has 0 aliphatic heterocycles. The minimum Gasteiger partial charge on any atom is -0.450 e. The van der Waals surface area contributed by atoms with E-state index in [1.807, 2.05) is 0 Å². The molecule has 0 aromatic rings. The van der Waals surface area contributed by atoms with Crippen LogP contribution in [0.4, 0.5) is 9.59 Å². The zero-order valence-corrected chi connectivity index (χ0v) is 11.0. The first-order valence-corrected chi connectivity index (χ1v) is 5.41. The van der Waals surface area contributed by atoms with Crippen molar-refractivity contribution >= 4 is 12.2 Å². The van der Waals surface area contributed by atoms with E-state index in [4.69, 9.17) is 9.84 Å². The third kappa shape index (κ3) is 9.47. The van der Waals surface area contributed by atoms with Crippen LogP contribution < -0.4 is 5.32 Å². The summed E-state index contributed by atoms with van der Waals surface area (Å²) in [6.07, 6.45) is -1.48.